The fraction of sp³-hybridized carbons (Fsp3) is 0.143. The lowest BCUT2D eigenvalue weighted by atomic mass is 10.1. The fourth-order valence-corrected chi connectivity index (χ4v) is 1.75. The van der Waals surface area contributed by atoms with Crippen molar-refractivity contribution in [3.63, 3.8) is 0 Å². The summed E-state index contributed by atoms with van der Waals surface area (Å²) in [6.07, 6.45) is 1.70. The lowest BCUT2D eigenvalue weighted by molar-refractivity contribution is -0.115. The standard InChI is InChI=1S/C14H12N4O3/c1-9-2-4-10(5-3-9)8-12(19)16-14-18-17-13(20-14)11-6-7-15-21-11/h2-7H,8H2,1H3,(H,16,18,19). The Labute approximate surface area is 120 Å². The smallest absolute Gasteiger partial charge is 0.322 e. The summed E-state index contributed by atoms with van der Waals surface area (Å²) in [6, 6.07) is 9.34. The van der Waals surface area contributed by atoms with Gasteiger partial charge < -0.3 is 8.94 Å². The molecular weight excluding hydrogens is 272 g/mol. The zero-order chi connectivity index (χ0) is 14.7. The Morgan fingerprint density at radius 3 is 2.71 bits per heavy atom. The van der Waals surface area contributed by atoms with E-state index in [4.69, 9.17) is 8.94 Å². The summed E-state index contributed by atoms with van der Waals surface area (Å²) in [6.45, 7) is 1.99. The second-order valence-corrected chi connectivity index (χ2v) is 4.50. The molecule has 2 aromatic heterocycles. The van der Waals surface area contributed by atoms with E-state index in [2.05, 4.69) is 20.7 Å². The maximum absolute atomic E-state index is 11.9. The van der Waals surface area contributed by atoms with E-state index >= 15 is 0 Å². The van der Waals surface area contributed by atoms with Gasteiger partial charge in [0.25, 0.3) is 5.89 Å². The Bertz CT molecular complexity index is 732. The molecule has 0 radical (unpaired) electrons. The van der Waals surface area contributed by atoms with Gasteiger partial charge in [-0.05, 0) is 12.5 Å². The number of anilines is 1. The summed E-state index contributed by atoms with van der Waals surface area (Å²) in [4.78, 5) is 11.9. The van der Waals surface area contributed by atoms with Crippen LogP contribution in [0.15, 0.2) is 45.5 Å². The number of hydrogen-bond donors (Lipinski definition) is 1. The number of aryl methyl sites for hydroxylation is 1. The molecule has 106 valence electrons. The number of hydrogen-bond acceptors (Lipinski definition) is 6. The molecule has 0 spiro atoms. The number of amides is 1. The van der Waals surface area contributed by atoms with Crippen molar-refractivity contribution in [1.82, 2.24) is 15.4 Å². The number of rotatable bonds is 4. The molecule has 0 bridgehead atoms. The summed E-state index contributed by atoms with van der Waals surface area (Å²) >= 11 is 0. The maximum Gasteiger partial charge on any atom is 0.322 e. The van der Waals surface area contributed by atoms with Gasteiger partial charge in [0.1, 0.15) is 0 Å². The Morgan fingerprint density at radius 2 is 2.00 bits per heavy atom. The molecule has 0 saturated heterocycles. The molecule has 0 aliphatic carbocycles. The van der Waals surface area contributed by atoms with Gasteiger partial charge in [-0.25, -0.2) is 0 Å². The quantitative estimate of drug-likeness (QED) is 0.789. The summed E-state index contributed by atoms with van der Waals surface area (Å²) in [5, 5.41) is 13.6. The molecule has 3 aromatic rings. The lowest BCUT2D eigenvalue weighted by Crippen LogP contribution is -2.14. The Hall–Kier alpha value is -2.96. The molecular formula is C14H12N4O3. The molecule has 0 fully saturated rings. The first kappa shape index (κ1) is 13.0. The molecule has 2 heterocycles. The van der Waals surface area contributed by atoms with E-state index in [0.717, 1.165) is 11.1 Å². The highest BCUT2D eigenvalue weighted by Gasteiger charge is 2.13. The Kier molecular flexibility index (Phi) is 3.46. The number of carbonyl (C=O) groups excluding carboxylic acids is 1. The third kappa shape index (κ3) is 3.14. The molecule has 1 N–H and O–H groups in total. The van der Waals surface area contributed by atoms with Gasteiger partial charge in [-0.3, -0.25) is 10.1 Å². The van der Waals surface area contributed by atoms with Crippen LogP contribution in [0, 0.1) is 6.92 Å². The Balaban J connectivity index is 1.64. The van der Waals surface area contributed by atoms with Crippen molar-refractivity contribution in [2.24, 2.45) is 0 Å². The fourth-order valence-electron chi connectivity index (χ4n) is 1.75. The molecule has 21 heavy (non-hydrogen) atoms. The molecule has 0 unspecified atom stereocenters. The minimum Gasteiger partial charge on any atom is -0.400 e. The van der Waals surface area contributed by atoms with Crippen LogP contribution in [0.1, 0.15) is 11.1 Å². The molecule has 0 aliphatic rings. The van der Waals surface area contributed by atoms with Crippen LogP contribution in [-0.2, 0) is 11.2 Å². The average Bonchev–Trinajstić information content (AvgIpc) is 3.12. The summed E-state index contributed by atoms with van der Waals surface area (Å²) in [5.74, 6) is 0.284. The molecule has 7 nitrogen and oxygen atoms in total. The molecule has 3 rings (SSSR count). The van der Waals surface area contributed by atoms with E-state index in [-0.39, 0.29) is 24.2 Å². The van der Waals surface area contributed by atoms with Crippen molar-refractivity contribution in [3.8, 4) is 11.7 Å². The SMILES string of the molecule is Cc1ccc(CC(=O)Nc2nnc(-c3ccno3)o2)cc1. The first-order valence-electron chi connectivity index (χ1n) is 6.30. The van der Waals surface area contributed by atoms with Gasteiger partial charge >= 0.3 is 6.01 Å². The van der Waals surface area contributed by atoms with Gasteiger partial charge in [0.2, 0.25) is 11.7 Å². The minimum absolute atomic E-state index is 0.0264. The van der Waals surface area contributed by atoms with Gasteiger partial charge in [-0.1, -0.05) is 40.1 Å². The van der Waals surface area contributed by atoms with Crippen LogP contribution in [0.4, 0.5) is 6.01 Å². The first-order chi connectivity index (χ1) is 10.2. The van der Waals surface area contributed by atoms with Gasteiger partial charge in [-0.2, -0.15) is 0 Å². The van der Waals surface area contributed by atoms with Crippen LogP contribution < -0.4 is 5.32 Å². The van der Waals surface area contributed by atoms with Crippen molar-refractivity contribution in [1.29, 1.82) is 0 Å². The number of carbonyl (C=O) groups is 1. The predicted octanol–water partition coefficient (Wildman–Crippen LogP) is 2.21. The van der Waals surface area contributed by atoms with Crippen molar-refractivity contribution in [3.05, 3.63) is 47.7 Å². The minimum atomic E-state index is -0.230. The van der Waals surface area contributed by atoms with E-state index in [1.54, 1.807) is 6.07 Å². The summed E-state index contributed by atoms with van der Waals surface area (Å²) in [7, 11) is 0. The van der Waals surface area contributed by atoms with Crippen LogP contribution in [0.25, 0.3) is 11.7 Å². The third-order valence-electron chi connectivity index (χ3n) is 2.81. The van der Waals surface area contributed by atoms with Crippen molar-refractivity contribution < 1.29 is 13.7 Å². The van der Waals surface area contributed by atoms with Crippen molar-refractivity contribution >= 4 is 11.9 Å². The average molecular weight is 284 g/mol. The zero-order valence-corrected chi connectivity index (χ0v) is 11.2. The summed E-state index contributed by atoms with van der Waals surface area (Å²) in [5.41, 5.74) is 2.06. The van der Waals surface area contributed by atoms with Crippen LogP contribution in [-0.4, -0.2) is 21.3 Å². The highest BCUT2D eigenvalue weighted by molar-refractivity contribution is 5.90. The maximum atomic E-state index is 11.9. The number of nitrogens with zero attached hydrogens (tertiary/aromatic N) is 3. The second kappa shape index (κ2) is 5.58. The number of aromatic nitrogens is 3. The number of nitrogens with one attached hydrogen (secondary N) is 1. The van der Waals surface area contributed by atoms with Crippen LogP contribution in [0.2, 0.25) is 0 Å². The Morgan fingerprint density at radius 1 is 1.19 bits per heavy atom. The summed E-state index contributed by atoms with van der Waals surface area (Å²) < 4.78 is 10.2. The van der Waals surface area contributed by atoms with Gasteiger partial charge in [0, 0.05) is 6.07 Å². The second-order valence-electron chi connectivity index (χ2n) is 4.50. The van der Waals surface area contributed by atoms with Gasteiger partial charge in [-0.15, -0.1) is 5.10 Å². The van der Waals surface area contributed by atoms with Gasteiger partial charge in [0.15, 0.2) is 0 Å². The highest BCUT2D eigenvalue weighted by Crippen LogP contribution is 2.18. The van der Waals surface area contributed by atoms with Crippen molar-refractivity contribution in [2.75, 3.05) is 5.32 Å². The zero-order valence-electron chi connectivity index (χ0n) is 11.2. The molecule has 1 aromatic carbocycles. The molecule has 0 atom stereocenters. The molecule has 0 aliphatic heterocycles. The monoisotopic (exact) mass is 284 g/mol. The molecule has 0 saturated carbocycles. The number of benzene rings is 1. The largest absolute Gasteiger partial charge is 0.400 e. The van der Waals surface area contributed by atoms with E-state index in [1.807, 2.05) is 31.2 Å². The first-order valence-corrected chi connectivity index (χ1v) is 6.30. The lowest BCUT2D eigenvalue weighted by Gasteiger charge is -2.01. The predicted molar refractivity (Wildman–Crippen MR) is 73.3 cm³/mol. The van der Waals surface area contributed by atoms with E-state index in [9.17, 15) is 4.79 Å². The normalized spacial score (nSPS) is 10.5. The van der Waals surface area contributed by atoms with Gasteiger partial charge in [0.05, 0.1) is 12.6 Å². The third-order valence-corrected chi connectivity index (χ3v) is 2.81. The van der Waals surface area contributed by atoms with E-state index < -0.39 is 0 Å². The van der Waals surface area contributed by atoms with E-state index in [0.29, 0.717) is 5.76 Å². The van der Waals surface area contributed by atoms with Crippen LogP contribution >= 0.6 is 0 Å². The van der Waals surface area contributed by atoms with Crippen LogP contribution in [0.3, 0.4) is 0 Å². The van der Waals surface area contributed by atoms with Crippen molar-refractivity contribution in [2.45, 2.75) is 13.3 Å². The topological polar surface area (TPSA) is 94.1 Å². The van der Waals surface area contributed by atoms with Crippen LogP contribution in [0.5, 0.6) is 0 Å². The van der Waals surface area contributed by atoms with E-state index in [1.165, 1.54) is 6.20 Å². The molecule has 7 heteroatoms. The molecule has 1 amide bonds. The highest BCUT2D eigenvalue weighted by atomic mass is 16.5.